The van der Waals surface area contributed by atoms with Crippen LogP contribution in [0.3, 0.4) is 0 Å². The van der Waals surface area contributed by atoms with E-state index in [1.165, 1.54) is 93.5 Å². The second-order valence-electron chi connectivity index (χ2n) is 15.8. The Morgan fingerprint density at radius 3 is 1.40 bits per heavy atom. The first-order chi connectivity index (χ1) is 26.9. The number of nitrogens with zero attached hydrogens (tertiary/aromatic N) is 3. The van der Waals surface area contributed by atoms with E-state index in [1.54, 1.807) is 0 Å². The molecule has 0 saturated carbocycles. The van der Waals surface area contributed by atoms with Crippen LogP contribution < -0.4 is 0 Å². The molecule has 0 aliphatic carbocycles. The number of benzene rings is 8. The van der Waals surface area contributed by atoms with E-state index in [0.717, 1.165) is 5.69 Å². The van der Waals surface area contributed by atoms with Crippen molar-refractivity contribution in [2.75, 3.05) is 0 Å². The number of hydrogen-bond acceptors (Lipinski definition) is 0. The van der Waals surface area contributed by atoms with Crippen LogP contribution in [0.2, 0.25) is 0 Å². The molecule has 0 bridgehead atoms. The van der Waals surface area contributed by atoms with E-state index < -0.39 is 0 Å². The van der Waals surface area contributed by atoms with E-state index in [2.05, 4.69) is 216 Å². The molecule has 55 heavy (non-hydrogen) atoms. The Balaban J connectivity index is 1.16. The number of aromatic nitrogens is 3. The Morgan fingerprint density at radius 1 is 0.327 bits per heavy atom. The maximum Gasteiger partial charge on any atom is 0.0548 e. The van der Waals surface area contributed by atoms with Gasteiger partial charge in [0.2, 0.25) is 0 Å². The van der Waals surface area contributed by atoms with Crippen molar-refractivity contribution >= 4 is 65.4 Å². The molecule has 262 valence electrons. The second kappa shape index (κ2) is 11.8. The van der Waals surface area contributed by atoms with Gasteiger partial charge in [-0.2, -0.15) is 0 Å². The summed E-state index contributed by atoms with van der Waals surface area (Å²) in [6.07, 6.45) is 0. The first-order valence-corrected chi connectivity index (χ1v) is 19.2. The van der Waals surface area contributed by atoms with Crippen molar-refractivity contribution in [1.29, 1.82) is 0 Å². The fourth-order valence-electron chi connectivity index (χ4n) is 8.99. The van der Waals surface area contributed by atoms with Gasteiger partial charge >= 0.3 is 0 Å². The molecule has 11 aromatic rings. The molecule has 0 saturated heterocycles. The highest BCUT2D eigenvalue weighted by molar-refractivity contribution is 6.19. The van der Waals surface area contributed by atoms with Crippen LogP contribution in [0.4, 0.5) is 0 Å². The molecule has 0 amide bonds. The van der Waals surface area contributed by atoms with Crippen LogP contribution >= 0.6 is 0 Å². The first-order valence-electron chi connectivity index (χ1n) is 19.2. The fraction of sp³-hybridized carbons (Fsp3) is 0.0769. The summed E-state index contributed by atoms with van der Waals surface area (Å²) in [7, 11) is 0. The van der Waals surface area contributed by atoms with Crippen LogP contribution in [0.15, 0.2) is 182 Å². The Morgan fingerprint density at radius 2 is 0.800 bits per heavy atom. The smallest absolute Gasteiger partial charge is 0.0548 e. The van der Waals surface area contributed by atoms with Gasteiger partial charge in [0.15, 0.2) is 0 Å². The van der Waals surface area contributed by atoms with E-state index >= 15 is 0 Å². The normalized spacial score (nSPS) is 12.3. The second-order valence-corrected chi connectivity index (χ2v) is 15.8. The average molecular weight is 706 g/mol. The maximum atomic E-state index is 2.47. The van der Waals surface area contributed by atoms with Gasteiger partial charge in [-0.25, -0.2) is 0 Å². The lowest BCUT2D eigenvalue weighted by atomic mass is 9.86. The van der Waals surface area contributed by atoms with Gasteiger partial charge in [-0.1, -0.05) is 136 Å². The Hall–Kier alpha value is -6.84. The summed E-state index contributed by atoms with van der Waals surface area (Å²) < 4.78 is 7.33. The molecule has 0 aliphatic heterocycles. The van der Waals surface area contributed by atoms with Crippen molar-refractivity contribution in [3.05, 3.63) is 188 Å². The van der Waals surface area contributed by atoms with Crippen LogP contribution in [0.25, 0.3) is 93.6 Å². The van der Waals surface area contributed by atoms with Gasteiger partial charge in [0.05, 0.1) is 38.8 Å². The molecule has 3 aromatic heterocycles. The molecule has 0 spiro atoms. The Labute approximate surface area is 319 Å². The lowest BCUT2D eigenvalue weighted by molar-refractivity contribution is 0.590. The van der Waals surface area contributed by atoms with Crippen LogP contribution in [-0.4, -0.2) is 13.7 Å². The predicted octanol–water partition coefficient (Wildman–Crippen LogP) is 13.9. The van der Waals surface area contributed by atoms with Crippen molar-refractivity contribution in [1.82, 2.24) is 13.7 Å². The summed E-state index contributed by atoms with van der Waals surface area (Å²) in [5.41, 5.74) is 14.6. The zero-order chi connectivity index (χ0) is 36.8. The SMILES string of the molecule is CC(C)(C)c1ccc(-c2ccccc2-n2c3ccccc3c3cc(-n4c5ccccc5c5cc6c(cc54)c4ccccc4n6-c4ccccc4)ccc32)cc1. The van der Waals surface area contributed by atoms with Gasteiger partial charge < -0.3 is 13.7 Å². The van der Waals surface area contributed by atoms with Crippen molar-refractivity contribution < 1.29 is 0 Å². The van der Waals surface area contributed by atoms with Gasteiger partial charge in [0, 0.05) is 49.3 Å². The first kappa shape index (κ1) is 31.7. The highest BCUT2D eigenvalue weighted by atomic mass is 15.0. The van der Waals surface area contributed by atoms with Crippen LogP contribution in [0, 0.1) is 0 Å². The van der Waals surface area contributed by atoms with Crippen molar-refractivity contribution in [3.63, 3.8) is 0 Å². The molecule has 0 aliphatic rings. The van der Waals surface area contributed by atoms with Gasteiger partial charge in [0.1, 0.15) is 0 Å². The quantitative estimate of drug-likeness (QED) is 0.173. The molecular formula is C52H39N3. The maximum absolute atomic E-state index is 2.47. The van der Waals surface area contributed by atoms with Crippen LogP contribution in [0.5, 0.6) is 0 Å². The average Bonchev–Trinajstić information content (AvgIpc) is 3.85. The summed E-state index contributed by atoms with van der Waals surface area (Å²) >= 11 is 0. The summed E-state index contributed by atoms with van der Waals surface area (Å²) in [4.78, 5) is 0. The van der Waals surface area contributed by atoms with Crippen molar-refractivity contribution in [2.45, 2.75) is 26.2 Å². The minimum atomic E-state index is 0.103. The van der Waals surface area contributed by atoms with Crippen molar-refractivity contribution in [3.8, 4) is 28.2 Å². The number of hydrogen-bond donors (Lipinski definition) is 0. The minimum Gasteiger partial charge on any atom is -0.309 e. The lowest BCUT2D eigenvalue weighted by Crippen LogP contribution is -2.10. The molecule has 0 fully saturated rings. The number of fused-ring (bicyclic) bond motifs is 9. The van der Waals surface area contributed by atoms with E-state index in [-0.39, 0.29) is 5.41 Å². The fourth-order valence-corrected chi connectivity index (χ4v) is 8.99. The molecule has 0 radical (unpaired) electrons. The number of para-hydroxylation sites is 5. The summed E-state index contributed by atoms with van der Waals surface area (Å²) in [5.74, 6) is 0. The third-order valence-electron chi connectivity index (χ3n) is 11.6. The molecule has 3 heterocycles. The zero-order valence-corrected chi connectivity index (χ0v) is 31.2. The van der Waals surface area contributed by atoms with Gasteiger partial charge in [-0.3, -0.25) is 0 Å². The van der Waals surface area contributed by atoms with E-state index in [1.807, 2.05) is 0 Å². The third-order valence-corrected chi connectivity index (χ3v) is 11.6. The van der Waals surface area contributed by atoms with Crippen LogP contribution in [-0.2, 0) is 5.41 Å². The van der Waals surface area contributed by atoms with E-state index in [9.17, 15) is 0 Å². The third kappa shape index (κ3) is 4.76. The highest BCUT2D eigenvalue weighted by Gasteiger charge is 2.21. The molecule has 3 nitrogen and oxygen atoms in total. The minimum absolute atomic E-state index is 0.103. The van der Waals surface area contributed by atoms with Gasteiger partial charge in [-0.05, 0) is 83.3 Å². The Kier molecular flexibility index (Phi) is 6.81. The predicted molar refractivity (Wildman–Crippen MR) is 234 cm³/mol. The Bertz CT molecular complexity index is 3270. The standard InChI is InChI=1S/C52H39N3/c1-52(2,3)35-27-25-34(26-28-35)38-17-7-11-21-45(38)55-48-24-14-10-18-39(48)42-31-37(29-30-49(42)55)54-47-23-13-9-20-41(47)44-32-50-43(33-51(44)54)40-19-8-12-22-46(40)53(50)36-15-5-4-6-16-36/h4-33H,1-3H3. The van der Waals surface area contributed by atoms with E-state index in [4.69, 9.17) is 0 Å². The summed E-state index contributed by atoms with van der Waals surface area (Å²) in [5, 5.41) is 7.48. The lowest BCUT2D eigenvalue weighted by Gasteiger charge is -2.20. The number of rotatable bonds is 4. The molecule has 3 heteroatoms. The molecule has 0 unspecified atom stereocenters. The molecular weight excluding hydrogens is 667 g/mol. The van der Waals surface area contributed by atoms with E-state index in [0.29, 0.717) is 0 Å². The highest BCUT2D eigenvalue weighted by Crippen LogP contribution is 2.42. The topological polar surface area (TPSA) is 14.8 Å². The van der Waals surface area contributed by atoms with Gasteiger partial charge in [-0.15, -0.1) is 0 Å². The van der Waals surface area contributed by atoms with Crippen LogP contribution in [0.1, 0.15) is 26.3 Å². The molecule has 0 atom stereocenters. The van der Waals surface area contributed by atoms with Crippen molar-refractivity contribution in [2.24, 2.45) is 0 Å². The summed E-state index contributed by atoms with van der Waals surface area (Å²) in [6.45, 7) is 6.81. The molecule has 8 aromatic carbocycles. The molecule has 0 N–H and O–H groups in total. The summed E-state index contributed by atoms with van der Waals surface area (Å²) in [6, 6.07) is 67.0. The largest absolute Gasteiger partial charge is 0.309 e. The molecule has 11 rings (SSSR count). The monoisotopic (exact) mass is 705 g/mol. The van der Waals surface area contributed by atoms with Gasteiger partial charge in [0.25, 0.3) is 0 Å². The zero-order valence-electron chi connectivity index (χ0n) is 31.2.